The Bertz CT molecular complexity index is 854. The summed E-state index contributed by atoms with van der Waals surface area (Å²) in [5, 5.41) is 2.91. The molecule has 6 heteroatoms. The molecule has 2 heterocycles. The molecule has 2 aromatic carbocycles. The second kappa shape index (κ2) is 6.88. The Labute approximate surface area is 150 Å². The zero-order chi connectivity index (χ0) is 18.1. The maximum absolute atomic E-state index is 14.3. The molecular weight excluding hydrogens is 335 g/mol. The molecule has 2 bridgehead atoms. The lowest BCUT2D eigenvalue weighted by Gasteiger charge is -2.28. The van der Waals surface area contributed by atoms with Gasteiger partial charge in [0.05, 0.1) is 25.2 Å². The molecule has 2 aliphatic heterocycles. The van der Waals surface area contributed by atoms with Crippen molar-refractivity contribution in [3.8, 4) is 11.1 Å². The summed E-state index contributed by atoms with van der Waals surface area (Å²) in [4.78, 5) is 27.1. The van der Waals surface area contributed by atoms with E-state index in [0.29, 0.717) is 43.0 Å². The van der Waals surface area contributed by atoms with Gasteiger partial charge in [-0.25, -0.2) is 4.39 Å². The summed E-state index contributed by atoms with van der Waals surface area (Å²) in [5.41, 5.74) is 1.38. The van der Waals surface area contributed by atoms with E-state index in [1.807, 2.05) is 0 Å². The number of rotatable bonds is 2. The molecular formula is C20H19FN2O3. The normalized spacial score (nSPS) is 22.5. The van der Waals surface area contributed by atoms with E-state index in [9.17, 15) is 14.0 Å². The molecule has 0 unspecified atom stereocenters. The highest BCUT2D eigenvalue weighted by molar-refractivity contribution is 6.01. The van der Waals surface area contributed by atoms with Gasteiger partial charge < -0.3 is 15.0 Å². The second-order valence-corrected chi connectivity index (χ2v) is 6.68. The number of ether oxygens (including phenoxy) is 1. The maximum atomic E-state index is 14.3. The number of hydrogen-bond donors (Lipinski definition) is 1. The molecule has 0 saturated carbocycles. The van der Waals surface area contributed by atoms with E-state index in [-0.39, 0.29) is 29.6 Å². The molecule has 2 fully saturated rings. The van der Waals surface area contributed by atoms with Crippen LogP contribution < -0.4 is 5.32 Å². The van der Waals surface area contributed by atoms with Gasteiger partial charge in [0, 0.05) is 24.2 Å². The van der Waals surface area contributed by atoms with Crippen molar-refractivity contribution < 1.29 is 18.7 Å². The molecule has 5 nitrogen and oxygen atoms in total. The number of benzene rings is 2. The first-order valence-corrected chi connectivity index (χ1v) is 8.65. The molecule has 2 aliphatic rings. The molecule has 0 radical (unpaired) electrons. The fourth-order valence-electron chi connectivity index (χ4n) is 3.55. The third-order valence-corrected chi connectivity index (χ3v) is 4.85. The van der Waals surface area contributed by atoms with Crippen LogP contribution in [0.4, 0.5) is 4.39 Å². The Kier molecular flexibility index (Phi) is 4.42. The third-order valence-electron chi connectivity index (χ3n) is 4.85. The van der Waals surface area contributed by atoms with Gasteiger partial charge in [-0.1, -0.05) is 36.4 Å². The quantitative estimate of drug-likeness (QED) is 0.898. The van der Waals surface area contributed by atoms with Crippen molar-refractivity contribution in [2.24, 2.45) is 5.92 Å². The van der Waals surface area contributed by atoms with Gasteiger partial charge in [0.1, 0.15) is 5.82 Å². The van der Waals surface area contributed by atoms with E-state index in [2.05, 4.69) is 5.32 Å². The number of fused-ring (bicyclic) bond motifs is 3. The summed E-state index contributed by atoms with van der Waals surface area (Å²) in [6, 6.07) is 13.2. The number of nitrogens with one attached hydrogen (secondary N) is 1. The SMILES string of the molecule is O=C1N[C@@H]2COC[C@H]1CN(C(=O)c1ccccc1-c1ccccc1F)C2. The lowest BCUT2D eigenvalue weighted by Crippen LogP contribution is -2.44. The summed E-state index contributed by atoms with van der Waals surface area (Å²) >= 11 is 0. The minimum Gasteiger partial charge on any atom is -0.378 e. The molecule has 0 spiro atoms. The molecule has 0 aliphatic carbocycles. The Balaban J connectivity index is 1.69. The Morgan fingerprint density at radius 2 is 1.77 bits per heavy atom. The second-order valence-electron chi connectivity index (χ2n) is 6.68. The number of carbonyl (C=O) groups excluding carboxylic acids is 2. The first-order chi connectivity index (χ1) is 12.6. The maximum Gasteiger partial charge on any atom is 0.254 e. The van der Waals surface area contributed by atoms with Crippen LogP contribution in [0.15, 0.2) is 48.5 Å². The van der Waals surface area contributed by atoms with Crippen molar-refractivity contribution >= 4 is 11.8 Å². The summed E-state index contributed by atoms with van der Waals surface area (Å²) in [7, 11) is 0. The van der Waals surface area contributed by atoms with Gasteiger partial charge in [0.2, 0.25) is 5.91 Å². The van der Waals surface area contributed by atoms with E-state index < -0.39 is 0 Å². The summed E-state index contributed by atoms with van der Waals surface area (Å²) < 4.78 is 19.8. The van der Waals surface area contributed by atoms with Crippen LogP contribution in [0.3, 0.4) is 0 Å². The zero-order valence-corrected chi connectivity index (χ0v) is 14.2. The van der Waals surface area contributed by atoms with Crippen LogP contribution in [0, 0.1) is 11.7 Å². The molecule has 1 N–H and O–H groups in total. The van der Waals surface area contributed by atoms with Gasteiger partial charge in [0.15, 0.2) is 0 Å². The van der Waals surface area contributed by atoms with E-state index >= 15 is 0 Å². The average molecular weight is 354 g/mol. The minimum atomic E-state index is -0.382. The number of hydrogen-bond acceptors (Lipinski definition) is 3. The number of carbonyl (C=O) groups is 2. The van der Waals surface area contributed by atoms with Crippen LogP contribution in [-0.2, 0) is 9.53 Å². The topological polar surface area (TPSA) is 58.6 Å². The predicted octanol–water partition coefficient (Wildman–Crippen LogP) is 2.08. The third kappa shape index (κ3) is 3.08. The number of nitrogens with zero attached hydrogens (tertiary/aromatic N) is 1. The minimum absolute atomic E-state index is 0.0785. The lowest BCUT2D eigenvalue weighted by atomic mass is 9.98. The van der Waals surface area contributed by atoms with Crippen molar-refractivity contribution in [1.82, 2.24) is 10.2 Å². The summed E-state index contributed by atoms with van der Waals surface area (Å²) in [5.74, 6) is -1.03. The fraction of sp³-hybridized carbons (Fsp3) is 0.300. The number of halogens is 1. The van der Waals surface area contributed by atoms with E-state index in [1.165, 1.54) is 6.07 Å². The first-order valence-electron chi connectivity index (χ1n) is 8.65. The Morgan fingerprint density at radius 1 is 1.04 bits per heavy atom. The van der Waals surface area contributed by atoms with Crippen LogP contribution in [0.5, 0.6) is 0 Å². The van der Waals surface area contributed by atoms with Gasteiger partial charge in [-0.05, 0) is 17.7 Å². The van der Waals surface area contributed by atoms with Crippen molar-refractivity contribution in [2.75, 3.05) is 26.3 Å². The summed E-state index contributed by atoms with van der Waals surface area (Å²) in [6.07, 6.45) is 0. The van der Waals surface area contributed by atoms with Gasteiger partial charge in [-0.15, -0.1) is 0 Å². The van der Waals surface area contributed by atoms with Gasteiger partial charge in [-0.2, -0.15) is 0 Å². The zero-order valence-electron chi connectivity index (χ0n) is 14.2. The molecule has 0 aromatic heterocycles. The Hall–Kier alpha value is -2.73. The number of amides is 2. The first kappa shape index (κ1) is 16.7. The van der Waals surface area contributed by atoms with Crippen LogP contribution in [-0.4, -0.2) is 49.1 Å². The smallest absolute Gasteiger partial charge is 0.254 e. The van der Waals surface area contributed by atoms with E-state index in [4.69, 9.17) is 4.74 Å². The molecule has 26 heavy (non-hydrogen) atoms. The standard InChI is InChI=1S/C20H19FN2O3/c21-18-8-4-3-6-16(18)15-5-1-2-7-17(15)20(25)23-9-13-11-26-12-14(10-23)22-19(13)24/h1-8,13-14H,9-12H2,(H,22,24)/t13-,14+/m1/s1. The van der Waals surface area contributed by atoms with Gasteiger partial charge in [0.25, 0.3) is 5.91 Å². The van der Waals surface area contributed by atoms with Crippen molar-refractivity contribution in [3.05, 3.63) is 59.9 Å². The van der Waals surface area contributed by atoms with Crippen molar-refractivity contribution in [2.45, 2.75) is 6.04 Å². The largest absolute Gasteiger partial charge is 0.378 e. The van der Waals surface area contributed by atoms with E-state index in [1.54, 1.807) is 47.4 Å². The molecule has 2 atom stereocenters. The van der Waals surface area contributed by atoms with Crippen LogP contribution >= 0.6 is 0 Å². The Morgan fingerprint density at radius 3 is 2.58 bits per heavy atom. The predicted molar refractivity (Wildman–Crippen MR) is 94.0 cm³/mol. The highest BCUT2D eigenvalue weighted by Crippen LogP contribution is 2.28. The molecule has 2 aromatic rings. The van der Waals surface area contributed by atoms with Crippen molar-refractivity contribution in [1.29, 1.82) is 0 Å². The fourth-order valence-corrected chi connectivity index (χ4v) is 3.55. The molecule has 4 rings (SSSR count). The molecule has 134 valence electrons. The van der Waals surface area contributed by atoms with Crippen molar-refractivity contribution in [3.63, 3.8) is 0 Å². The summed E-state index contributed by atoms with van der Waals surface area (Å²) in [6.45, 7) is 1.38. The lowest BCUT2D eigenvalue weighted by molar-refractivity contribution is -0.125. The molecule has 2 amide bonds. The van der Waals surface area contributed by atoms with Crippen LogP contribution in [0.1, 0.15) is 10.4 Å². The highest BCUT2D eigenvalue weighted by Gasteiger charge is 2.35. The van der Waals surface area contributed by atoms with Gasteiger partial charge in [-0.3, -0.25) is 9.59 Å². The van der Waals surface area contributed by atoms with Gasteiger partial charge >= 0.3 is 0 Å². The monoisotopic (exact) mass is 354 g/mol. The van der Waals surface area contributed by atoms with E-state index in [0.717, 1.165) is 0 Å². The highest BCUT2D eigenvalue weighted by atomic mass is 19.1. The average Bonchev–Trinajstić information content (AvgIpc) is 2.90. The molecule has 2 saturated heterocycles. The van der Waals surface area contributed by atoms with Crippen LogP contribution in [0.2, 0.25) is 0 Å². The van der Waals surface area contributed by atoms with Crippen LogP contribution in [0.25, 0.3) is 11.1 Å².